The van der Waals surface area contributed by atoms with Crippen LogP contribution in [0.3, 0.4) is 0 Å². The number of anilines is 1. The summed E-state index contributed by atoms with van der Waals surface area (Å²) in [5, 5.41) is 3.70. The fourth-order valence-electron chi connectivity index (χ4n) is 2.11. The molecule has 18 heavy (non-hydrogen) atoms. The highest BCUT2D eigenvalue weighted by molar-refractivity contribution is 7.16. The van der Waals surface area contributed by atoms with Crippen LogP contribution in [-0.4, -0.2) is 16.6 Å². The maximum atomic E-state index is 5.70. The highest BCUT2D eigenvalue weighted by Gasteiger charge is 2.24. The second-order valence-corrected chi connectivity index (χ2v) is 6.17. The summed E-state index contributed by atoms with van der Waals surface area (Å²) in [5.41, 5.74) is 7.77. The Balaban J connectivity index is 1.98. The summed E-state index contributed by atoms with van der Waals surface area (Å²) in [6.07, 6.45) is 3.31. The van der Waals surface area contributed by atoms with E-state index in [1.165, 1.54) is 11.3 Å². The first kappa shape index (κ1) is 12.1. The summed E-state index contributed by atoms with van der Waals surface area (Å²) >= 11 is 3.17. The van der Waals surface area contributed by atoms with E-state index >= 15 is 0 Å². The quantitative estimate of drug-likeness (QED) is 0.938. The van der Waals surface area contributed by atoms with Gasteiger partial charge in [-0.1, -0.05) is 6.92 Å². The van der Waals surface area contributed by atoms with E-state index in [0.29, 0.717) is 5.13 Å². The van der Waals surface area contributed by atoms with Crippen molar-refractivity contribution < 1.29 is 4.74 Å². The van der Waals surface area contributed by atoms with Gasteiger partial charge in [0.25, 0.3) is 0 Å². The summed E-state index contributed by atoms with van der Waals surface area (Å²) < 4.78 is 5.70. The lowest BCUT2D eigenvalue weighted by Crippen LogP contribution is -1.95. The molecular formula is C12H15N3OS2. The van der Waals surface area contributed by atoms with E-state index < -0.39 is 0 Å². The van der Waals surface area contributed by atoms with Gasteiger partial charge in [-0.25, -0.2) is 9.97 Å². The van der Waals surface area contributed by atoms with Crippen LogP contribution < -0.4 is 5.73 Å². The van der Waals surface area contributed by atoms with Crippen LogP contribution in [0.4, 0.5) is 5.13 Å². The van der Waals surface area contributed by atoms with Crippen LogP contribution in [0.5, 0.6) is 0 Å². The van der Waals surface area contributed by atoms with Crippen molar-refractivity contribution in [2.75, 3.05) is 12.3 Å². The van der Waals surface area contributed by atoms with E-state index in [1.807, 2.05) is 5.38 Å². The Labute approximate surface area is 114 Å². The number of hydrogen-bond donors (Lipinski definition) is 1. The van der Waals surface area contributed by atoms with Crippen molar-refractivity contribution in [2.45, 2.75) is 32.3 Å². The number of nitrogens with zero attached hydrogens (tertiary/aromatic N) is 2. The molecule has 0 aromatic carbocycles. The molecule has 1 aliphatic heterocycles. The third-order valence-electron chi connectivity index (χ3n) is 3.01. The molecule has 3 heterocycles. The first-order valence-corrected chi connectivity index (χ1v) is 7.80. The van der Waals surface area contributed by atoms with Gasteiger partial charge >= 0.3 is 0 Å². The molecule has 0 radical (unpaired) electrons. The number of nitrogens with two attached hydrogens (primary N) is 1. The van der Waals surface area contributed by atoms with Gasteiger partial charge in [-0.2, -0.15) is 0 Å². The van der Waals surface area contributed by atoms with Gasteiger partial charge in [0.05, 0.1) is 16.3 Å². The molecule has 1 saturated heterocycles. The molecule has 0 spiro atoms. The molecule has 6 heteroatoms. The molecule has 0 amide bonds. The van der Waals surface area contributed by atoms with Crippen LogP contribution in [0.1, 0.15) is 36.6 Å². The first-order chi connectivity index (χ1) is 8.78. The highest BCUT2D eigenvalue weighted by Crippen LogP contribution is 2.38. The number of nitrogen functional groups attached to an aromatic ring is 1. The number of aryl methyl sites for hydroxylation is 1. The standard InChI is InChI=1S/C12H15N3OS2/c1-2-7-10(8-6-17-12(13)15-8)18-11(14-7)9-4-3-5-16-9/h6,9H,2-5H2,1H3,(H2,13,15). The third kappa shape index (κ3) is 2.15. The summed E-state index contributed by atoms with van der Waals surface area (Å²) in [6.45, 7) is 2.97. The van der Waals surface area contributed by atoms with E-state index in [1.54, 1.807) is 11.3 Å². The molecule has 0 saturated carbocycles. The molecule has 2 aromatic heterocycles. The molecule has 0 bridgehead atoms. The first-order valence-electron chi connectivity index (χ1n) is 6.10. The van der Waals surface area contributed by atoms with Gasteiger partial charge in [-0.05, 0) is 19.3 Å². The van der Waals surface area contributed by atoms with Crippen LogP contribution in [0.2, 0.25) is 0 Å². The van der Waals surface area contributed by atoms with E-state index in [-0.39, 0.29) is 6.10 Å². The van der Waals surface area contributed by atoms with E-state index in [9.17, 15) is 0 Å². The minimum Gasteiger partial charge on any atom is -0.375 e. The van der Waals surface area contributed by atoms with Gasteiger partial charge in [0.15, 0.2) is 5.13 Å². The zero-order valence-corrected chi connectivity index (χ0v) is 11.8. The molecule has 0 aliphatic carbocycles. The van der Waals surface area contributed by atoms with Crippen LogP contribution in [-0.2, 0) is 11.2 Å². The molecule has 4 nitrogen and oxygen atoms in total. The molecule has 2 N–H and O–H groups in total. The Morgan fingerprint density at radius 2 is 2.39 bits per heavy atom. The molecule has 2 aromatic rings. The number of thiazole rings is 2. The van der Waals surface area contributed by atoms with Crippen LogP contribution >= 0.6 is 22.7 Å². The van der Waals surface area contributed by atoms with Gasteiger partial charge in [-0.3, -0.25) is 0 Å². The fourth-order valence-corrected chi connectivity index (χ4v) is 3.94. The second-order valence-electron chi connectivity index (χ2n) is 4.25. The SMILES string of the molecule is CCc1nc(C2CCCO2)sc1-c1csc(N)n1. The van der Waals surface area contributed by atoms with E-state index in [2.05, 4.69) is 11.9 Å². The lowest BCUT2D eigenvalue weighted by Gasteiger charge is -2.03. The van der Waals surface area contributed by atoms with Gasteiger partial charge in [0, 0.05) is 12.0 Å². The topological polar surface area (TPSA) is 61.0 Å². The summed E-state index contributed by atoms with van der Waals surface area (Å²) in [7, 11) is 0. The molecule has 1 fully saturated rings. The Morgan fingerprint density at radius 3 is 3.00 bits per heavy atom. The minimum atomic E-state index is 0.185. The number of rotatable bonds is 3. The van der Waals surface area contributed by atoms with Gasteiger partial charge in [0.1, 0.15) is 11.1 Å². The van der Waals surface area contributed by atoms with Gasteiger partial charge in [0.2, 0.25) is 0 Å². The van der Waals surface area contributed by atoms with Crippen molar-refractivity contribution in [3.63, 3.8) is 0 Å². The summed E-state index contributed by atoms with van der Waals surface area (Å²) in [4.78, 5) is 10.2. The lowest BCUT2D eigenvalue weighted by atomic mass is 10.2. The van der Waals surface area contributed by atoms with Crippen molar-refractivity contribution >= 4 is 27.8 Å². The van der Waals surface area contributed by atoms with Crippen molar-refractivity contribution in [1.29, 1.82) is 0 Å². The minimum absolute atomic E-state index is 0.185. The third-order valence-corrected chi connectivity index (χ3v) is 4.89. The largest absolute Gasteiger partial charge is 0.375 e. The molecule has 1 aliphatic rings. The average Bonchev–Trinajstić information content (AvgIpc) is 3.07. The molecule has 3 rings (SSSR count). The Hall–Kier alpha value is -0.980. The number of aromatic nitrogens is 2. The molecular weight excluding hydrogens is 266 g/mol. The predicted molar refractivity (Wildman–Crippen MR) is 74.9 cm³/mol. The lowest BCUT2D eigenvalue weighted by molar-refractivity contribution is 0.111. The summed E-state index contributed by atoms with van der Waals surface area (Å²) in [5.74, 6) is 0. The van der Waals surface area contributed by atoms with E-state index in [0.717, 1.165) is 47.1 Å². The number of ether oxygens (including phenoxy) is 1. The number of hydrogen-bond acceptors (Lipinski definition) is 6. The highest BCUT2D eigenvalue weighted by atomic mass is 32.1. The van der Waals surface area contributed by atoms with E-state index in [4.69, 9.17) is 15.5 Å². The van der Waals surface area contributed by atoms with Crippen LogP contribution in [0.15, 0.2) is 5.38 Å². The average molecular weight is 281 g/mol. The zero-order valence-electron chi connectivity index (χ0n) is 10.2. The van der Waals surface area contributed by atoms with Crippen molar-refractivity contribution in [2.24, 2.45) is 0 Å². The second kappa shape index (κ2) is 4.95. The molecule has 96 valence electrons. The Morgan fingerprint density at radius 1 is 1.50 bits per heavy atom. The molecule has 1 unspecified atom stereocenters. The van der Waals surface area contributed by atoms with Crippen LogP contribution in [0, 0.1) is 0 Å². The maximum absolute atomic E-state index is 5.70. The predicted octanol–water partition coefficient (Wildman–Crippen LogP) is 3.26. The van der Waals surface area contributed by atoms with Crippen LogP contribution in [0.25, 0.3) is 10.6 Å². The van der Waals surface area contributed by atoms with Gasteiger partial charge in [-0.15, -0.1) is 22.7 Å². The Kier molecular flexibility index (Phi) is 3.32. The van der Waals surface area contributed by atoms with Crippen molar-refractivity contribution in [3.8, 4) is 10.6 Å². The Bertz CT molecular complexity index is 543. The van der Waals surface area contributed by atoms with Crippen molar-refractivity contribution in [1.82, 2.24) is 9.97 Å². The summed E-state index contributed by atoms with van der Waals surface area (Å²) in [6, 6.07) is 0. The van der Waals surface area contributed by atoms with Crippen molar-refractivity contribution in [3.05, 3.63) is 16.1 Å². The fraction of sp³-hybridized carbons (Fsp3) is 0.500. The zero-order chi connectivity index (χ0) is 12.5. The normalized spacial score (nSPS) is 19.5. The van der Waals surface area contributed by atoms with Gasteiger partial charge < -0.3 is 10.5 Å². The smallest absolute Gasteiger partial charge is 0.180 e. The maximum Gasteiger partial charge on any atom is 0.180 e. The monoisotopic (exact) mass is 281 g/mol. The molecule has 1 atom stereocenters.